The molecular formula is C15H25ClN2S. The van der Waals surface area contributed by atoms with Crippen LogP contribution >= 0.6 is 22.9 Å². The molecule has 0 aromatic carbocycles. The van der Waals surface area contributed by atoms with E-state index in [1.807, 2.05) is 6.07 Å². The Bertz CT molecular complexity index is 395. The Hall–Kier alpha value is -0.0900. The largest absolute Gasteiger partial charge is 0.311 e. The molecule has 2 nitrogen and oxygen atoms in total. The fourth-order valence-electron chi connectivity index (χ4n) is 3.61. The standard InChI is InChI=1S/C15H25ClN2S/c1-4-15(5-2,18-10-6-7-11-18)14(17-3)12-8-9-13(16)19-12/h8-9,14,17H,4-7,10-11H2,1-3H3. The predicted octanol–water partition coefficient (Wildman–Crippen LogP) is 4.32. The first-order valence-corrected chi connectivity index (χ1v) is 8.55. The van der Waals surface area contributed by atoms with Gasteiger partial charge in [0, 0.05) is 10.4 Å². The van der Waals surface area contributed by atoms with Crippen LogP contribution in [0.1, 0.15) is 50.4 Å². The quantitative estimate of drug-likeness (QED) is 0.842. The SMILES string of the molecule is CCC(CC)(C(NC)c1ccc(Cl)s1)N1CCCC1. The van der Waals surface area contributed by atoms with Gasteiger partial charge in [-0.1, -0.05) is 25.4 Å². The first-order valence-electron chi connectivity index (χ1n) is 7.35. The number of nitrogens with one attached hydrogen (secondary N) is 1. The van der Waals surface area contributed by atoms with Crippen molar-refractivity contribution in [3.8, 4) is 0 Å². The molecule has 108 valence electrons. The van der Waals surface area contributed by atoms with Gasteiger partial charge in [-0.05, 0) is 58.0 Å². The third-order valence-electron chi connectivity index (χ3n) is 4.66. The fourth-order valence-corrected chi connectivity index (χ4v) is 4.89. The van der Waals surface area contributed by atoms with E-state index >= 15 is 0 Å². The number of rotatable bonds is 6. The number of likely N-dealkylation sites (tertiary alicyclic amines) is 1. The lowest BCUT2D eigenvalue weighted by Crippen LogP contribution is -2.54. The van der Waals surface area contributed by atoms with Crippen LogP contribution in [0.2, 0.25) is 4.34 Å². The summed E-state index contributed by atoms with van der Waals surface area (Å²) in [5, 5.41) is 3.56. The summed E-state index contributed by atoms with van der Waals surface area (Å²) in [6, 6.07) is 4.58. The number of thiophene rings is 1. The van der Waals surface area contributed by atoms with E-state index in [1.54, 1.807) is 11.3 Å². The molecule has 1 fully saturated rings. The second kappa shape index (κ2) is 6.57. The Morgan fingerprint density at radius 1 is 1.32 bits per heavy atom. The highest BCUT2D eigenvalue weighted by Crippen LogP contribution is 2.41. The molecule has 1 aliphatic rings. The molecule has 19 heavy (non-hydrogen) atoms. The molecule has 1 aromatic heterocycles. The molecule has 0 spiro atoms. The van der Waals surface area contributed by atoms with Gasteiger partial charge in [-0.15, -0.1) is 11.3 Å². The van der Waals surface area contributed by atoms with Crippen molar-refractivity contribution < 1.29 is 0 Å². The molecule has 0 bridgehead atoms. The van der Waals surface area contributed by atoms with Gasteiger partial charge in [0.2, 0.25) is 0 Å². The van der Waals surface area contributed by atoms with Crippen molar-refractivity contribution in [3.05, 3.63) is 21.3 Å². The lowest BCUT2D eigenvalue weighted by Gasteiger charge is -2.46. The predicted molar refractivity (Wildman–Crippen MR) is 85.2 cm³/mol. The molecule has 2 heterocycles. The van der Waals surface area contributed by atoms with Crippen LogP contribution in [0.3, 0.4) is 0 Å². The van der Waals surface area contributed by atoms with Crippen molar-refractivity contribution in [1.82, 2.24) is 10.2 Å². The van der Waals surface area contributed by atoms with Crippen LogP contribution in [0.5, 0.6) is 0 Å². The summed E-state index contributed by atoms with van der Waals surface area (Å²) < 4.78 is 0.887. The lowest BCUT2D eigenvalue weighted by molar-refractivity contribution is 0.0660. The number of halogens is 1. The molecule has 4 heteroatoms. The summed E-state index contributed by atoms with van der Waals surface area (Å²) >= 11 is 7.85. The molecule has 1 N–H and O–H groups in total. The van der Waals surface area contributed by atoms with Gasteiger partial charge >= 0.3 is 0 Å². The van der Waals surface area contributed by atoms with Crippen molar-refractivity contribution >= 4 is 22.9 Å². The van der Waals surface area contributed by atoms with E-state index in [-0.39, 0.29) is 5.54 Å². The zero-order chi connectivity index (χ0) is 13.9. The van der Waals surface area contributed by atoms with Crippen molar-refractivity contribution in [2.24, 2.45) is 0 Å². The van der Waals surface area contributed by atoms with E-state index in [0.717, 1.165) is 4.34 Å². The minimum absolute atomic E-state index is 0.222. The second-order valence-electron chi connectivity index (χ2n) is 5.37. The van der Waals surface area contributed by atoms with Crippen LogP contribution in [0.25, 0.3) is 0 Å². The highest BCUT2D eigenvalue weighted by molar-refractivity contribution is 7.16. The van der Waals surface area contributed by atoms with Crippen molar-refractivity contribution in [1.29, 1.82) is 0 Å². The van der Waals surface area contributed by atoms with Gasteiger partial charge in [-0.2, -0.15) is 0 Å². The number of nitrogens with zero attached hydrogens (tertiary/aromatic N) is 1. The van der Waals surface area contributed by atoms with Crippen LogP contribution in [0.4, 0.5) is 0 Å². The number of hydrogen-bond acceptors (Lipinski definition) is 3. The van der Waals surface area contributed by atoms with E-state index in [0.29, 0.717) is 6.04 Å². The van der Waals surface area contributed by atoms with Crippen LogP contribution in [-0.2, 0) is 0 Å². The molecular weight excluding hydrogens is 276 g/mol. The van der Waals surface area contributed by atoms with Gasteiger partial charge < -0.3 is 5.32 Å². The van der Waals surface area contributed by atoms with E-state index in [2.05, 4.69) is 37.2 Å². The van der Waals surface area contributed by atoms with E-state index in [4.69, 9.17) is 11.6 Å². The summed E-state index contributed by atoms with van der Waals surface area (Å²) in [7, 11) is 2.08. The zero-order valence-corrected chi connectivity index (χ0v) is 13.8. The Kier molecular flexibility index (Phi) is 5.29. The number of likely N-dealkylation sites (N-methyl/N-ethyl adjacent to an activating group) is 1. The molecule has 0 amide bonds. The Labute approximate surface area is 126 Å². The molecule has 0 radical (unpaired) electrons. The summed E-state index contributed by atoms with van der Waals surface area (Å²) in [6.07, 6.45) is 5.02. The van der Waals surface area contributed by atoms with Gasteiger partial charge in [-0.25, -0.2) is 0 Å². The normalized spacial score (nSPS) is 18.9. The zero-order valence-electron chi connectivity index (χ0n) is 12.2. The molecule has 0 aliphatic carbocycles. The Morgan fingerprint density at radius 3 is 2.37 bits per heavy atom. The van der Waals surface area contributed by atoms with Gasteiger partial charge in [-0.3, -0.25) is 4.90 Å². The Balaban J connectivity index is 2.34. The third-order valence-corrected chi connectivity index (χ3v) is 5.96. The van der Waals surface area contributed by atoms with Gasteiger partial charge in [0.15, 0.2) is 0 Å². The average Bonchev–Trinajstić information content (AvgIpc) is 3.07. The molecule has 1 aromatic rings. The highest BCUT2D eigenvalue weighted by Gasteiger charge is 2.42. The summed E-state index contributed by atoms with van der Waals surface area (Å²) in [5.74, 6) is 0. The summed E-state index contributed by atoms with van der Waals surface area (Å²) in [5.41, 5.74) is 0.222. The maximum absolute atomic E-state index is 6.13. The third kappa shape index (κ3) is 2.85. The van der Waals surface area contributed by atoms with E-state index in [9.17, 15) is 0 Å². The maximum Gasteiger partial charge on any atom is 0.0931 e. The van der Waals surface area contributed by atoms with Gasteiger partial charge in [0.05, 0.1) is 10.4 Å². The first kappa shape index (κ1) is 15.3. The van der Waals surface area contributed by atoms with Crippen molar-refractivity contribution in [3.63, 3.8) is 0 Å². The number of hydrogen-bond donors (Lipinski definition) is 1. The minimum Gasteiger partial charge on any atom is -0.311 e. The summed E-state index contributed by atoms with van der Waals surface area (Å²) in [4.78, 5) is 4.06. The van der Waals surface area contributed by atoms with Crippen LogP contribution < -0.4 is 5.32 Å². The van der Waals surface area contributed by atoms with Crippen LogP contribution in [0, 0.1) is 0 Å². The van der Waals surface area contributed by atoms with E-state index < -0.39 is 0 Å². The molecule has 1 unspecified atom stereocenters. The van der Waals surface area contributed by atoms with Crippen LogP contribution in [0.15, 0.2) is 12.1 Å². The monoisotopic (exact) mass is 300 g/mol. The Morgan fingerprint density at radius 2 is 1.95 bits per heavy atom. The van der Waals surface area contributed by atoms with Gasteiger partial charge in [0.25, 0.3) is 0 Å². The highest BCUT2D eigenvalue weighted by atomic mass is 35.5. The smallest absolute Gasteiger partial charge is 0.0931 e. The molecule has 1 aliphatic heterocycles. The molecule has 0 saturated carbocycles. The van der Waals surface area contributed by atoms with Gasteiger partial charge in [0.1, 0.15) is 0 Å². The van der Waals surface area contributed by atoms with Crippen molar-refractivity contribution in [2.75, 3.05) is 20.1 Å². The average molecular weight is 301 g/mol. The van der Waals surface area contributed by atoms with Crippen molar-refractivity contribution in [2.45, 2.75) is 51.1 Å². The molecule has 1 saturated heterocycles. The lowest BCUT2D eigenvalue weighted by atomic mass is 9.82. The van der Waals surface area contributed by atoms with Crippen LogP contribution in [-0.4, -0.2) is 30.6 Å². The minimum atomic E-state index is 0.222. The molecule has 1 atom stereocenters. The molecule has 2 rings (SSSR count). The topological polar surface area (TPSA) is 15.3 Å². The first-order chi connectivity index (χ1) is 9.17. The van der Waals surface area contributed by atoms with E-state index in [1.165, 1.54) is 43.6 Å². The second-order valence-corrected chi connectivity index (χ2v) is 7.12. The summed E-state index contributed by atoms with van der Waals surface area (Å²) in [6.45, 7) is 7.11. The maximum atomic E-state index is 6.13. The fraction of sp³-hybridized carbons (Fsp3) is 0.733.